The molecule has 40 heavy (non-hydrogen) atoms. The van der Waals surface area contributed by atoms with Gasteiger partial charge in [-0.2, -0.15) is 4.98 Å². The Labute approximate surface area is 232 Å². The van der Waals surface area contributed by atoms with Gasteiger partial charge in [0.1, 0.15) is 17.2 Å². The highest BCUT2D eigenvalue weighted by Crippen LogP contribution is 2.32. The van der Waals surface area contributed by atoms with Crippen LogP contribution in [-0.2, 0) is 22.2 Å². The van der Waals surface area contributed by atoms with E-state index in [1.807, 2.05) is 13.0 Å². The van der Waals surface area contributed by atoms with E-state index in [1.54, 1.807) is 18.3 Å². The molecule has 4 aromatic rings. The molecule has 0 amide bonds. The fourth-order valence-corrected chi connectivity index (χ4v) is 5.99. The molecule has 0 bridgehead atoms. The zero-order valence-corrected chi connectivity index (χ0v) is 23.2. The maximum absolute atomic E-state index is 13.2. The Morgan fingerprint density at radius 3 is 2.50 bits per heavy atom. The highest BCUT2D eigenvalue weighted by atomic mass is 32.2. The summed E-state index contributed by atoms with van der Waals surface area (Å²) in [6.07, 6.45) is 6.39. The Morgan fingerprint density at radius 1 is 1.05 bits per heavy atom. The van der Waals surface area contributed by atoms with E-state index in [1.165, 1.54) is 31.4 Å². The number of hydrogen-bond donors (Lipinski definition) is 3. The number of anilines is 2. The SMILES string of the molecule is CCc1cc(-c2ccc(NS(=O)(=O)Cc3ccc(F)cc3)nc2OC)nc2cnc(N[C@H]3CC[C@H](N)CC3)nc12. The van der Waals surface area contributed by atoms with Crippen LogP contribution in [0.3, 0.4) is 0 Å². The first-order valence-corrected chi connectivity index (χ1v) is 14.9. The van der Waals surface area contributed by atoms with E-state index in [-0.39, 0.29) is 23.5 Å². The summed E-state index contributed by atoms with van der Waals surface area (Å²) in [4.78, 5) is 18.4. The predicted molar refractivity (Wildman–Crippen MR) is 153 cm³/mol. The molecule has 1 aliphatic carbocycles. The standard InChI is InChI=1S/C28H32FN7O3S/c1-3-18-14-23(33-24-15-31-28(35-26(18)24)32-21-10-8-20(30)9-11-21)22-12-13-25(34-27(22)39-2)36-40(37,38)16-17-4-6-19(29)7-5-17/h4-7,12-15,20-21H,3,8-11,16,30H2,1-2H3,(H,34,36)(H,31,32,35)/t20-,21-. The molecular weight excluding hydrogens is 533 g/mol. The summed E-state index contributed by atoms with van der Waals surface area (Å²) in [6, 6.07) is 11.1. The largest absolute Gasteiger partial charge is 0.480 e. The van der Waals surface area contributed by atoms with E-state index in [0.29, 0.717) is 34.3 Å². The van der Waals surface area contributed by atoms with Crippen LogP contribution in [0, 0.1) is 5.82 Å². The molecular formula is C28H32FN7O3S. The number of halogens is 1. The summed E-state index contributed by atoms with van der Waals surface area (Å²) in [7, 11) is -2.33. The number of pyridine rings is 2. The molecule has 1 fully saturated rings. The Balaban J connectivity index is 1.39. The van der Waals surface area contributed by atoms with Crippen LogP contribution in [0.1, 0.15) is 43.7 Å². The van der Waals surface area contributed by atoms with E-state index in [9.17, 15) is 12.8 Å². The molecule has 210 valence electrons. The first-order valence-electron chi connectivity index (χ1n) is 13.2. The lowest BCUT2D eigenvalue weighted by Crippen LogP contribution is -2.33. The van der Waals surface area contributed by atoms with Crippen molar-refractivity contribution in [3.05, 3.63) is 65.6 Å². The van der Waals surface area contributed by atoms with Gasteiger partial charge in [0.2, 0.25) is 21.9 Å². The van der Waals surface area contributed by atoms with Crippen LogP contribution in [-0.4, -0.2) is 47.5 Å². The number of nitrogens with two attached hydrogens (primary N) is 1. The van der Waals surface area contributed by atoms with Gasteiger partial charge >= 0.3 is 0 Å². The third-order valence-electron chi connectivity index (χ3n) is 6.97. The topological polar surface area (TPSA) is 145 Å². The van der Waals surface area contributed by atoms with Crippen LogP contribution in [0.15, 0.2) is 48.7 Å². The summed E-state index contributed by atoms with van der Waals surface area (Å²) in [5, 5.41) is 3.44. The minimum absolute atomic E-state index is 0.0990. The van der Waals surface area contributed by atoms with Gasteiger partial charge in [-0.1, -0.05) is 19.1 Å². The third-order valence-corrected chi connectivity index (χ3v) is 8.20. The van der Waals surface area contributed by atoms with Gasteiger partial charge in [-0.3, -0.25) is 4.72 Å². The molecule has 0 atom stereocenters. The lowest BCUT2D eigenvalue weighted by Gasteiger charge is -2.26. The van der Waals surface area contributed by atoms with Gasteiger partial charge in [-0.25, -0.2) is 27.8 Å². The number of nitrogens with zero attached hydrogens (tertiary/aromatic N) is 4. The number of rotatable bonds is 9. The van der Waals surface area contributed by atoms with Gasteiger partial charge in [-0.05, 0) is 73.6 Å². The van der Waals surface area contributed by atoms with E-state index in [4.69, 9.17) is 20.4 Å². The van der Waals surface area contributed by atoms with Crippen LogP contribution in [0.4, 0.5) is 16.2 Å². The minimum Gasteiger partial charge on any atom is -0.480 e. The van der Waals surface area contributed by atoms with Gasteiger partial charge in [0.05, 0.1) is 35.8 Å². The molecule has 0 saturated heterocycles. The highest BCUT2D eigenvalue weighted by Gasteiger charge is 2.20. The van der Waals surface area contributed by atoms with Crippen molar-refractivity contribution in [2.75, 3.05) is 17.1 Å². The lowest BCUT2D eigenvalue weighted by atomic mass is 9.92. The van der Waals surface area contributed by atoms with Gasteiger partial charge in [0.25, 0.3) is 0 Å². The van der Waals surface area contributed by atoms with Gasteiger partial charge < -0.3 is 15.8 Å². The maximum atomic E-state index is 13.2. The van der Waals surface area contributed by atoms with E-state index >= 15 is 0 Å². The average Bonchev–Trinajstić information content (AvgIpc) is 2.94. The van der Waals surface area contributed by atoms with Gasteiger partial charge in [-0.15, -0.1) is 0 Å². The molecule has 3 aromatic heterocycles. The van der Waals surface area contributed by atoms with Crippen molar-refractivity contribution in [1.82, 2.24) is 19.9 Å². The molecule has 1 aromatic carbocycles. The van der Waals surface area contributed by atoms with Crippen molar-refractivity contribution in [3.63, 3.8) is 0 Å². The number of ether oxygens (including phenoxy) is 1. The predicted octanol–water partition coefficient (Wildman–Crippen LogP) is 4.42. The van der Waals surface area contributed by atoms with Crippen molar-refractivity contribution in [1.29, 1.82) is 0 Å². The molecule has 3 heterocycles. The van der Waals surface area contributed by atoms with Gasteiger partial charge in [0.15, 0.2) is 0 Å². The highest BCUT2D eigenvalue weighted by molar-refractivity contribution is 7.91. The van der Waals surface area contributed by atoms with Crippen molar-refractivity contribution < 1.29 is 17.5 Å². The number of hydrogen-bond acceptors (Lipinski definition) is 9. The monoisotopic (exact) mass is 565 g/mol. The smallest absolute Gasteiger partial charge is 0.238 e. The van der Waals surface area contributed by atoms with Crippen LogP contribution in [0.5, 0.6) is 5.88 Å². The summed E-state index contributed by atoms with van der Waals surface area (Å²) in [5.41, 5.74) is 10.1. The van der Waals surface area contributed by atoms with Crippen molar-refractivity contribution in [2.24, 2.45) is 5.73 Å². The summed E-state index contributed by atoms with van der Waals surface area (Å²) >= 11 is 0. The fourth-order valence-electron chi connectivity index (χ4n) is 4.86. The molecule has 5 rings (SSSR count). The Kier molecular flexibility index (Phi) is 8.08. The fraction of sp³-hybridized carbons (Fsp3) is 0.357. The molecule has 0 radical (unpaired) electrons. The average molecular weight is 566 g/mol. The summed E-state index contributed by atoms with van der Waals surface area (Å²) in [5.74, 6) is 0.135. The molecule has 1 saturated carbocycles. The van der Waals surface area contributed by atoms with Crippen molar-refractivity contribution >= 4 is 32.8 Å². The summed E-state index contributed by atoms with van der Waals surface area (Å²) < 4.78 is 46.5. The number of sulfonamides is 1. The third kappa shape index (κ3) is 6.45. The van der Waals surface area contributed by atoms with Crippen LogP contribution >= 0.6 is 0 Å². The molecule has 0 spiro atoms. The quantitative estimate of drug-likeness (QED) is 0.268. The Bertz CT molecular complexity index is 1610. The first-order chi connectivity index (χ1) is 19.2. The van der Waals surface area contributed by atoms with Crippen LogP contribution in [0.2, 0.25) is 0 Å². The van der Waals surface area contributed by atoms with E-state index in [0.717, 1.165) is 43.2 Å². The second-order valence-corrected chi connectivity index (χ2v) is 11.7. The normalized spacial score (nSPS) is 17.5. The first kappa shape index (κ1) is 27.7. The zero-order chi connectivity index (χ0) is 28.3. The molecule has 4 N–H and O–H groups in total. The molecule has 0 aliphatic heterocycles. The maximum Gasteiger partial charge on any atom is 0.238 e. The number of nitrogens with one attached hydrogen (secondary N) is 2. The number of aromatic nitrogens is 4. The molecule has 12 heteroatoms. The van der Waals surface area contributed by atoms with Crippen LogP contribution in [0.25, 0.3) is 22.3 Å². The lowest BCUT2D eigenvalue weighted by molar-refractivity contribution is 0.400. The van der Waals surface area contributed by atoms with Gasteiger partial charge in [0, 0.05) is 12.1 Å². The number of aryl methyl sites for hydroxylation is 1. The van der Waals surface area contributed by atoms with Crippen molar-refractivity contribution in [3.8, 4) is 17.1 Å². The Hall–Kier alpha value is -3.90. The zero-order valence-electron chi connectivity index (χ0n) is 22.4. The second kappa shape index (κ2) is 11.7. The molecule has 0 unspecified atom stereocenters. The molecule has 10 nitrogen and oxygen atoms in total. The molecule has 1 aliphatic rings. The van der Waals surface area contributed by atoms with E-state index < -0.39 is 15.8 Å². The van der Waals surface area contributed by atoms with E-state index in [2.05, 4.69) is 20.0 Å². The van der Waals surface area contributed by atoms with Crippen LogP contribution < -0.4 is 20.5 Å². The van der Waals surface area contributed by atoms with Crippen molar-refractivity contribution in [2.45, 2.75) is 56.9 Å². The minimum atomic E-state index is -3.80. The number of benzene rings is 1. The Morgan fingerprint density at radius 2 is 1.80 bits per heavy atom. The second-order valence-electron chi connectivity index (χ2n) is 9.94. The number of methoxy groups -OCH3 is 1. The summed E-state index contributed by atoms with van der Waals surface area (Å²) in [6.45, 7) is 2.05. The number of fused-ring (bicyclic) bond motifs is 1.